The number of anilines is 1. The summed E-state index contributed by atoms with van der Waals surface area (Å²) in [6, 6.07) is 11.2. The number of aryl methyl sites for hydroxylation is 3. The highest BCUT2D eigenvalue weighted by molar-refractivity contribution is 5.99. The molecule has 0 aliphatic carbocycles. The third kappa shape index (κ3) is 6.91. The number of hydrogen-bond acceptors (Lipinski definition) is 6. The number of ether oxygens (including phenoxy) is 1. The zero-order valence-electron chi connectivity index (χ0n) is 28.5. The van der Waals surface area contributed by atoms with Crippen LogP contribution in [-0.4, -0.2) is 76.5 Å². The summed E-state index contributed by atoms with van der Waals surface area (Å²) in [6.07, 6.45) is -2.60. The van der Waals surface area contributed by atoms with Crippen molar-refractivity contribution in [1.82, 2.24) is 24.3 Å². The molecule has 10 nitrogen and oxygen atoms in total. The van der Waals surface area contributed by atoms with E-state index < -0.39 is 12.7 Å². The van der Waals surface area contributed by atoms with Crippen molar-refractivity contribution in [2.24, 2.45) is 7.05 Å². The van der Waals surface area contributed by atoms with E-state index in [0.717, 1.165) is 46.5 Å². The Balaban J connectivity index is 1.41. The van der Waals surface area contributed by atoms with E-state index in [1.807, 2.05) is 51.1 Å². The van der Waals surface area contributed by atoms with Crippen LogP contribution in [-0.2, 0) is 18.3 Å². The van der Waals surface area contributed by atoms with Gasteiger partial charge in [0.1, 0.15) is 0 Å². The largest absolute Gasteiger partial charge is 0.401 e. The normalized spacial score (nSPS) is 16.2. The second kappa shape index (κ2) is 13.5. The Kier molecular flexibility index (Phi) is 9.51. The monoisotopic (exact) mass is 680 g/mol. The fourth-order valence-corrected chi connectivity index (χ4v) is 7.38. The van der Waals surface area contributed by atoms with Crippen LogP contribution in [0.1, 0.15) is 58.5 Å². The van der Waals surface area contributed by atoms with Gasteiger partial charge in [0.15, 0.2) is 0 Å². The van der Waals surface area contributed by atoms with Crippen LogP contribution in [0.5, 0.6) is 0 Å². The fraction of sp³-hybridized carbons (Fsp3) is 0.472. The van der Waals surface area contributed by atoms with Crippen LogP contribution in [0.4, 0.5) is 18.9 Å². The molecule has 13 heteroatoms. The molecule has 2 aromatic carbocycles. The Morgan fingerprint density at radius 1 is 1.02 bits per heavy atom. The summed E-state index contributed by atoms with van der Waals surface area (Å²) in [5.74, 6) is -0.320. The number of hydrogen-bond donors (Lipinski definition) is 2. The van der Waals surface area contributed by atoms with Gasteiger partial charge in [-0.05, 0) is 93.1 Å². The summed E-state index contributed by atoms with van der Waals surface area (Å²) in [5.41, 5.74) is 6.51. The lowest BCUT2D eigenvalue weighted by molar-refractivity contribution is -0.157. The van der Waals surface area contributed by atoms with Crippen LogP contribution in [0.25, 0.3) is 22.2 Å². The van der Waals surface area contributed by atoms with E-state index >= 15 is 0 Å². The Morgan fingerprint density at radius 2 is 1.73 bits per heavy atom. The number of carbonyl (C=O) groups is 1. The summed E-state index contributed by atoms with van der Waals surface area (Å²) in [7, 11) is 1.66. The molecule has 2 aliphatic heterocycles. The van der Waals surface area contributed by atoms with E-state index in [9.17, 15) is 27.6 Å². The standard InChI is InChI=1S/C36H43F3N6O4/c1-6-44(26-9-11-49-12-10-26)31-16-25(14-28(23(31)4)33(46)40-17-29-21(2)13-22(3)41-34(29)47)24-7-8-30-32(15-24)45(35(48)42(30)5)27-18-43(19-27)20-36(37,38)39/h7-8,13-16,26-27H,6,9-12,17-20H2,1-5H3,(H,40,46)(H,41,47). The molecule has 6 rings (SSSR count). The summed E-state index contributed by atoms with van der Waals surface area (Å²) < 4.78 is 47.8. The van der Waals surface area contributed by atoms with E-state index in [4.69, 9.17) is 4.74 Å². The van der Waals surface area contributed by atoms with Gasteiger partial charge < -0.3 is 19.9 Å². The number of nitrogens with one attached hydrogen (secondary N) is 2. The van der Waals surface area contributed by atoms with Crippen molar-refractivity contribution >= 4 is 22.6 Å². The number of fused-ring (bicyclic) bond motifs is 1. The molecule has 0 spiro atoms. The molecule has 0 radical (unpaired) electrons. The molecule has 49 heavy (non-hydrogen) atoms. The second-order valence-corrected chi connectivity index (χ2v) is 13.3. The Hall–Kier alpha value is -4.36. The molecule has 0 unspecified atom stereocenters. The molecule has 0 bridgehead atoms. The maximum atomic E-state index is 13.9. The third-order valence-corrected chi connectivity index (χ3v) is 9.95. The highest BCUT2D eigenvalue weighted by Gasteiger charge is 2.39. The zero-order chi connectivity index (χ0) is 35.2. The number of rotatable bonds is 9. The van der Waals surface area contributed by atoms with Crippen LogP contribution in [0, 0.1) is 20.8 Å². The number of imidazole rings is 1. The predicted molar refractivity (Wildman–Crippen MR) is 183 cm³/mol. The van der Waals surface area contributed by atoms with Crippen molar-refractivity contribution in [3.63, 3.8) is 0 Å². The number of H-pyrrole nitrogens is 1. The Labute approximate surface area is 282 Å². The van der Waals surface area contributed by atoms with Gasteiger partial charge in [0, 0.05) is 75.0 Å². The smallest absolute Gasteiger partial charge is 0.381 e. The molecule has 4 aromatic rings. The van der Waals surface area contributed by atoms with Gasteiger partial charge in [-0.15, -0.1) is 0 Å². The predicted octanol–water partition coefficient (Wildman–Crippen LogP) is 4.97. The van der Waals surface area contributed by atoms with Crippen LogP contribution in [0.15, 0.2) is 46.0 Å². The van der Waals surface area contributed by atoms with Crippen LogP contribution >= 0.6 is 0 Å². The highest BCUT2D eigenvalue weighted by Crippen LogP contribution is 2.36. The minimum absolute atomic E-state index is 0.0612. The second-order valence-electron chi connectivity index (χ2n) is 13.3. The van der Waals surface area contributed by atoms with E-state index in [1.165, 1.54) is 9.47 Å². The minimum atomic E-state index is -4.30. The first kappa shape index (κ1) is 34.5. The first-order valence-corrected chi connectivity index (χ1v) is 16.7. The highest BCUT2D eigenvalue weighted by atomic mass is 19.4. The number of halogens is 3. The average molecular weight is 681 g/mol. The Morgan fingerprint density at radius 3 is 2.39 bits per heavy atom. The molecule has 0 saturated carbocycles. The Bertz CT molecular complexity index is 2000. The molecule has 1 amide bonds. The molecule has 0 atom stereocenters. The number of aromatic amines is 1. The third-order valence-electron chi connectivity index (χ3n) is 9.95. The van der Waals surface area contributed by atoms with Gasteiger partial charge in [-0.1, -0.05) is 6.07 Å². The molecule has 2 N–H and O–H groups in total. The zero-order valence-corrected chi connectivity index (χ0v) is 28.5. The average Bonchev–Trinajstić information content (AvgIpc) is 3.27. The van der Waals surface area contributed by atoms with Gasteiger partial charge in [0.05, 0.1) is 23.6 Å². The van der Waals surface area contributed by atoms with Gasteiger partial charge in [-0.2, -0.15) is 13.2 Å². The van der Waals surface area contributed by atoms with Crippen LogP contribution in [0.2, 0.25) is 0 Å². The van der Waals surface area contributed by atoms with Crippen molar-refractivity contribution < 1.29 is 22.7 Å². The van der Waals surface area contributed by atoms with Crippen molar-refractivity contribution in [2.45, 2.75) is 65.3 Å². The topological polar surface area (TPSA) is 105 Å². The number of amides is 1. The van der Waals surface area contributed by atoms with Gasteiger partial charge in [-0.3, -0.25) is 23.6 Å². The summed E-state index contributed by atoms with van der Waals surface area (Å²) in [6.45, 7) is 9.00. The molecule has 2 fully saturated rings. The number of alkyl halides is 3. The molecule has 262 valence electrons. The number of benzene rings is 2. The van der Waals surface area contributed by atoms with Crippen molar-refractivity contribution in [2.75, 3.05) is 44.3 Å². The number of likely N-dealkylation sites (tertiary alicyclic amines) is 1. The van der Waals surface area contributed by atoms with E-state index in [1.54, 1.807) is 11.6 Å². The number of aromatic nitrogens is 3. The molecular formula is C36H43F3N6O4. The number of carbonyl (C=O) groups excluding carboxylic acids is 1. The molecule has 2 aliphatic rings. The van der Waals surface area contributed by atoms with Crippen LogP contribution in [0.3, 0.4) is 0 Å². The van der Waals surface area contributed by atoms with E-state index in [2.05, 4.69) is 28.2 Å². The first-order valence-electron chi connectivity index (χ1n) is 16.7. The van der Waals surface area contributed by atoms with Crippen molar-refractivity contribution in [3.05, 3.63) is 85.2 Å². The lowest BCUT2D eigenvalue weighted by Gasteiger charge is -2.40. The van der Waals surface area contributed by atoms with Gasteiger partial charge >= 0.3 is 11.9 Å². The molecular weight excluding hydrogens is 637 g/mol. The van der Waals surface area contributed by atoms with Gasteiger partial charge in [0.25, 0.3) is 11.5 Å². The van der Waals surface area contributed by atoms with Gasteiger partial charge in [-0.25, -0.2) is 4.79 Å². The fourth-order valence-electron chi connectivity index (χ4n) is 7.38. The maximum Gasteiger partial charge on any atom is 0.401 e. The first-order chi connectivity index (χ1) is 23.3. The summed E-state index contributed by atoms with van der Waals surface area (Å²) in [5, 5.41) is 2.97. The van der Waals surface area contributed by atoms with Crippen molar-refractivity contribution in [1.29, 1.82) is 0 Å². The summed E-state index contributed by atoms with van der Waals surface area (Å²) >= 11 is 0. The molecule has 2 aromatic heterocycles. The SMILES string of the molecule is CCN(c1cc(-c2ccc3c(c2)n(C2CN(CC(F)(F)F)C2)c(=O)n3C)cc(C(=O)NCc2c(C)cc(C)[nH]c2=O)c1C)C1CCOCC1. The summed E-state index contributed by atoms with van der Waals surface area (Å²) in [4.78, 5) is 46.4. The van der Waals surface area contributed by atoms with Crippen LogP contribution < -0.4 is 21.5 Å². The number of pyridine rings is 1. The molecule has 4 heterocycles. The number of nitrogens with zero attached hydrogens (tertiary/aromatic N) is 4. The maximum absolute atomic E-state index is 13.9. The lowest BCUT2D eigenvalue weighted by atomic mass is 9.95. The van der Waals surface area contributed by atoms with E-state index in [-0.39, 0.29) is 48.9 Å². The van der Waals surface area contributed by atoms with Gasteiger partial charge in [0.2, 0.25) is 0 Å². The quantitative estimate of drug-likeness (QED) is 0.259. The van der Waals surface area contributed by atoms with E-state index in [0.29, 0.717) is 41.9 Å². The molecule has 2 saturated heterocycles. The minimum Gasteiger partial charge on any atom is -0.381 e. The van der Waals surface area contributed by atoms with Crippen molar-refractivity contribution in [3.8, 4) is 11.1 Å². The lowest BCUT2D eigenvalue weighted by Crippen LogP contribution is -2.53.